The van der Waals surface area contributed by atoms with Gasteiger partial charge in [-0.15, -0.1) is 0 Å². The summed E-state index contributed by atoms with van der Waals surface area (Å²) >= 11 is 0. The standard InChI is InChI=1S/C12H12O2/c1-8-10-5-3-2-4-9(10)6-7-11(8)12(13)14/h3,5-7H,2,4H2,1H3,(H,13,14). The summed E-state index contributed by atoms with van der Waals surface area (Å²) in [5.74, 6) is -0.843. The van der Waals surface area contributed by atoms with Crippen molar-refractivity contribution >= 4 is 12.0 Å². The van der Waals surface area contributed by atoms with Gasteiger partial charge in [0.25, 0.3) is 0 Å². The van der Waals surface area contributed by atoms with E-state index in [0.29, 0.717) is 5.56 Å². The van der Waals surface area contributed by atoms with Gasteiger partial charge in [-0.25, -0.2) is 4.79 Å². The highest BCUT2D eigenvalue weighted by atomic mass is 16.4. The van der Waals surface area contributed by atoms with Crippen LogP contribution in [0.5, 0.6) is 0 Å². The van der Waals surface area contributed by atoms with Crippen LogP contribution in [0.4, 0.5) is 0 Å². The van der Waals surface area contributed by atoms with E-state index in [0.717, 1.165) is 24.0 Å². The molecule has 0 atom stereocenters. The summed E-state index contributed by atoms with van der Waals surface area (Å²) in [6.07, 6.45) is 6.20. The third-order valence-electron chi connectivity index (χ3n) is 2.70. The molecule has 0 fully saturated rings. The smallest absolute Gasteiger partial charge is 0.335 e. The molecule has 0 saturated carbocycles. The molecule has 0 saturated heterocycles. The van der Waals surface area contributed by atoms with Crippen LogP contribution in [-0.4, -0.2) is 11.1 Å². The van der Waals surface area contributed by atoms with Gasteiger partial charge in [0, 0.05) is 0 Å². The van der Waals surface area contributed by atoms with Crippen LogP contribution in [0.3, 0.4) is 0 Å². The number of fused-ring (bicyclic) bond motifs is 1. The van der Waals surface area contributed by atoms with Crippen LogP contribution in [0, 0.1) is 6.92 Å². The third kappa shape index (κ3) is 1.33. The van der Waals surface area contributed by atoms with Crippen LogP contribution in [0.2, 0.25) is 0 Å². The molecule has 1 aliphatic rings. The Kier molecular flexibility index (Phi) is 2.12. The molecule has 1 N–H and O–H groups in total. The molecule has 2 rings (SSSR count). The molecule has 0 spiro atoms. The molecule has 2 heteroatoms. The number of hydrogen-bond acceptors (Lipinski definition) is 1. The Morgan fingerprint density at radius 1 is 1.43 bits per heavy atom. The van der Waals surface area contributed by atoms with Crippen LogP contribution in [0.25, 0.3) is 6.08 Å². The number of aromatic carboxylic acids is 1. The van der Waals surface area contributed by atoms with Gasteiger partial charge in [-0.3, -0.25) is 0 Å². The molecule has 0 heterocycles. The predicted octanol–water partition coefficient (Wildman–Crippen LogP) is 2.65. The Morgan fingerprint density at radius 2 is 2.21 bits per heavy atom. The second-order valence-electron chi connectivity index (χ2n) is 3.56. The zero-order valence-corrected chi connectivity index (χ0v) is 8.08. The Hall–Kier alpha value is -1.57. The highest BCUT2D eigenvalue weighted by Gasteiger charge is 2.13. The van der Waals surface area contributed by atoms with E-state index in [1.165, 1.54) is 5.56 Å². The van der Waals surface area contributed by atoms with Crippen molar-refractivity contribution in [2.24, 2.45) is 0 Å². The Bertz CT molecular complexity index is 417. The normalized spacial score (nSPS) is 13.8. The first-order valence-electron chi connectivity index (χ1n) is 4.72. The van der Waals surface area contributed by atoms with E-state index in [-0.39, 0.29) is 0 Å². The first kappa shape index (κ1) is 9.00. The number of hydrogen-bond donors (Lipinski definition) is 1. The topological polar surface area (TPSA) is 37.3 Å². The summed E-state index contributed by atoms with van der Waals surface area (Å²) in [6, 6.07) is 3.63. The van der Waals surface area contributed by atoms with Crippen molar-refractivity contribution in [2.75, 3.05) is 0 Å². The quantitative estimate of drug-likeness (QED) is 0.735. The van der Waals surface area contributed by atoms with Gasteiger partial charge in [-0.1, -0.05) is 18.2 Å². The second-order valence-corrected chi connectivity index (χ2v) is 3.56. The van der Waals surface area contributed by atoms with Crippen molar-refractivity contribution in [3.8, 4) is 0 Å². The highest BCUT2D eigenvalue weighted by Crippen LogP contribution is 2.25. The molecule has 2 nitrogen and oxygen atoms in total. The minimum absolute atomic E-state index is 0.412. The minimum Gasteiger partial charge on any atom is -0.478 e. The predicted molar refractivity (Wildman–Crippen MR) is 55.5 cm³/mol. The van der Waals surface area contributed by atoms with E-state index in [9.17, 15) is 4.79 Å². The molecule has 0 aromatic heterocycles. The zero-order chi connectivity index (χ0) is 10.1. The van der Waals surface area contributed by atoms with Gasteiger partial charge in [0.1, 0.15) is 0 Å². The van der Waals surface area contributed by atoms with Gasteiger partial charge in [-0.05, 0) is 42.5 Å². The van der Waals surface area contributed by atoms with E-state index in [1.54, 1.807) is 6.07 Å². The largest absolute Gasteiger partial charge is 0.478 e. The lowest BCUT2D eigenvalue weighted by Gasteiger charge is -2.14. The SMILES string of the molecule is Cc1c(C(=O)O)ccc2c1C=CCC2. The first-order chi connectivity index (χ1) is 6.70. The van der Waals surface area contributed by atoms with Crippen molar-refractivity contribution in [3.63, 3.8) is 0 Å². The number of carboxylic acid groups (broad SMARTS) is 1. The Labute approximate surface area is 82.9 Å². The first-order valence-corrected chi connectivity index (χ1v) is 4.72. The summed E-state index contributed by atoms with van der Waals surface area (Å²) in [5.41, 5.74) is 3.65. The number of carbonyl (C=O) groups is 1. The lowest BCUT2D eigenvalue weighted by molar-refractivity contribution is 0.0696. The lowest BCUT2D eigenvalue weighted by atomic mass is 9.91. The number of allylic oxidation sites excluding steroid dienone is 1. The van der Waals surface area contributed by atoms with Crippen LogP contribution in [0.15, 0.2) is 18.2 Å². The van der Waals surface area contributed by atoms with Gasteiger partial charge in [0.05, 0.1) is 5.56 Å². The van der Waals surface area contributed by atoms with Gasteiger partial charge in [0.15, 0.2) is 0 Å². The van der Waals surface area contributed by atoms with E-state index >= 15 is 0 Å². The maximum Gasteiger partial charge on any atom is 0.335 e. The van der Waals surface area contributed by atoms with Crippen LogP contribution < -0.4 is 0 Å². The zero-order valence-electron chi connectivity index (χ0n) is 8.08. The average Bonchev–Trinajstić information content (AvgIpc) is 2.18. The molecule has 1 aromatic rings. The highest BCUT2D eigenvalue weighted by molar-refractivity contribution is 5.91. The molecule has 0 bridgehead atoms. The average molecular weight is 188 g/mol. The fourth-order valence-electron chi connectivity index (χ4n) is 1.91. The molecule has 0 radical (unpaired) electrons. The summed E-state index contributed by atoms with van der Waals surface area (Å²) in [5, 5.41) is 8.94. The lowest BCUT2D eigenvalue weighted by Crippen LogP contribution is -2.05. The van der Waals surface area contributed by atoms with Gasteiger partial charge < -0.3 is 5.11 Å². The van der Waals surface area contributed by atoms with Gasteiger partial charge >= 0.3 is 5.97 Å². The van der Waals surface area contributed by atoms with Crippen molar-refractivity contribution in [2.45, 2.75) is 19.8 Å². The summed E-state index contributed by atoms with van der Waals surface area (Å²) < 4.78 is 0. The fraction of sp³-hybridized carbons (Fsp3) is 0.250. The number of rotatable bonds is 1. The molecule has 1 aliphatic carbocycles. The van der Waals surface area contributed by atoms with Crippen molar-refractivity contribution in [3.05, 3.63) is 40.5 Å². The summed E-state index contributed by atoms with van der Waals surface area (Å²) in [4.78, 5) is 10.9. The van der Waals surface area contributed by atoms with Crippen LogP contribution >= 0.6 is 0 Å². The van der Waals surface area contributed by atoms with Crippen LogP contribution in [-0.2, 0) is 6.42 Å². The third-order valence-corrected chi connectivity index (χ3v) is 2.70. The van der Waals surface area contributed by atoms with E-state index in [4.69, 9.17) is 5.11 Å². The molecule has 72 valence electrons. The Balaban J connectivity index is 2.62. The van der Waals surface area contributed by atoms with Gasteiger partial charge in [-0.2, -0.15) is 0 Å². The molecular weight excluding hydrogens is 176 g/mol. The molecule has 14 heavy (non-hydrogen) atoms. The van der Waals surface area contributed by atoms with E-state index in [1.807, 2.05) is 19.1 Å². The molecule has 0 unspecified atom stereocenters. The van der Waals surface area contributed by atoms with Crippen molar-refractivity contribution < 1.29 is 9.90 Å². The molecule has 0 amide bonds. The van der Waals surface area contributed by atoms with Crippen LogP contribution in [0.1, 0.15) is 33.5 Å². The van der Waals surface area contributed by atoms with E-state index < -0.39 is 5.97 Å². The summed E-state index contributed by atoms with van der Waals surface area (Å²) in [7, 11) is 0. The molecular formula is C12H12O2. The fourth-order valence-corrected chi connectivity index (χ4v) is 1.91. The van der Waals surface area contributed by atoms with Gasteiger partial charge in [0.2, 0.25) is 0 Å². The van der Waals surface area contributed by atoms with Crippen molar-refractivity contribution in [1.29, 1.82) is 0 Å². The summed E-state index contributed by atoms with van der Waals surface area (Å²) in [6.45, 7) is 1.87. The van der Waals surface area contributed by atoms with E-state index in [2.05, 4.69) is 6.08 Å². The number of aryl methyl sites for hydroxylation is 1. The maximum absolute atomic E-state index is 10.9. The monoisotopic (exact) mass is 188 g/mol. The minimum atomic E-state index is -0.843. The van der Waals surface area contributed by atoms with Crippen molar-refractivity contribution in [1.82, 2.24) is 0 Å². The number of carboxylic acids is 1. The number of benzene rings is 1. The maximum atomic E-state index is 10.9. The molecule has 0 aliphatic heterocycles. The molecule has 1 aromatic carbocycles. The Morgan fingerprint density at radius 3 is 2.93 bits per heavy atom. The second kappa shape index (κ2) is 3.29.